The fraction of sp³-hybridized carbons (Fsp3) is 0.900. The Morgan fingerprint density at radius 1 is 1.67 bits per heavy atom. The lowest BCUT2D eigenvalue weighted by molar-refractivity contribution is -0.152. The Kier molecular flexibility index (Phi) is 2.28. The maximum atomic E-state index is 14.2. The lowest BCUT2D eigenvalue weighted by atomic mass is 9.98. The third kappa shape index (κ3) is 1.45. The number of carbonyl (C=O) groups excluding carboxylic acids is 1. The molecule has 0 spiro atoms. The largest absolute Gasteiger partial charge is 0.396 e. The zero-order valence-corrected chi connectivity index (χ0v) is 8.99. The molecule has 2 fully saturated rings. The molecule has 1 N–H and O–H groups in total. The molecule has 2 saturated heterocycles. The number of ether oxygens (including phenoxy) is 1. The Bertz CT molecular complexity index is 294. The summed E-state index contributed by atoms with van der Waals surface area (Å²) in [4.78, 5) is 13.3. The van der Waals surface area contributed by atoms with E-state index in [4.69, 9.17) is 9.84 Å². The van der Waals surface area contributed by atoms with Gasteiger partial charge < -0.3 is 14.7 Å². The molecule has 0 saturated carbocycles. The van der Waals surface area contributed by atoms with E-state index in [1.165, 1.54) is 4.90 Å². The summed E-state index contributed by atoms with van der Waals surface area (Å²) in [5.41, 5.74) is -2.61. The van der Waals surface area contributed by atoms with Crippen molar-refractivity contribution in [2.45, 2.75) is 44.1 Å². The van der Waals surface area contributed by atoms with Crippen LogP contribution < -0.4 is 0 Å². The van der Waals surface area contributed by atoms with Gasteiger partial charge in [-0.2, -0.15) is 0 Å². The number of aliphatic hydroxyl groups excluding tert-OH is 1. The molecule has 0 bridgehead atoms. The third-order valence-corrected chi connectivity index (χ3v) is 3.24. The number of fused-ring (bicyclic) bond motifs is 1. The molecule has 2 unspecified atom stereocenters. The molecular weight excluding hydrogens is 201 g/mol. The molecule has 4 nitrogen and oxygen atoms in total. The van der Waals surface area contributed by atoms with Crippen LogP contribution in [0.5, 0.6) is 0 Å². The fourth-order valence-electron chi connectivity index (χ4n) is 2.51. The Hall–Kier alpha value is -0.680. The number of aliphatic hydroxyl groups is 1. The highest BCUT2D eigenvalue weighted by Gasteiger charge is 2.59. The van der Waals surface area contributed by atoms with Crippen LogP contribution in [0.4, 0.5) is 4.39 Å². The van der Waals surface area contributed by atoms with Crippen LogP contribution in [0, 0.1) is 0 Å². The van der Waals surface area contributed by atoms with Crippen molar-refractivity contribution in [3.8, 4) is 0 Å². The van der Waals surface area contributed by atoms with Crippen molar-refractivity contribution in [1.82, 2.24) is 4.90 Å². The first-order valence-corrected chi connectivity index (χ1v) is 5.18. The fourth-order valence-corrected chi connectivity index (χ4v) is 2.51. The van der Waals surface area contributed by atoms with Crippen molar-refractivity contribution in [3.05, 3.63) is 0 Å². The number of hydrogen-bond donors (Lipinski definition) is 1. The van der Waals surface area contributed by atoms with E-state index in [9.17, 15) is 9.18 Å². The molecule has 86 valence electrons. The van der Waals surface area contributed by atoms with E-state index in [-0.39, 0.29) is 25.5 Å². The number of amides is 1. The van der Waals surface area contributed by atoms with Gasteiger partial charge in [-0.1, -0.05) is 0 Å². The minimum Gasteiger partial charge on any atom is -0.396 e. The summed E-state index contributed by atoms with van der Waals surface area (Å²) in [6.45, 7) is 3.60. The van der Waals surface area contributed by atoms with Crippen LogP contribution in [0.3, 0.4) is 0 Å². The number of hydrogen-bond acceptors (Lipinski definition) is 3. The van der Waals surface area contributed by atoms with Crippen molar-refractivity contribution in [1.29, 1.82) is 0 Å². The van der Waals surface area contributed by atoms with Gasteiger partial charge in [0.15, 0.2) is 5.67 Å². The van der Waals surface area contributed by atoms with Gasteiger partial charge in [-0.15, -0.1) is 0 Å². The average Bonchev–Trinajstić information content (AvgIpc) is 2.53. The van der Waals surface area contributed by atoms with Crippen molar-refractivity contribution < 1.29 is 19.0 Å². The molecule has 2 aliphatic rings. The summed E-state index contributed by atoms with van der Waals surface area (Å²) in [6, 6.07) is -0.177. The van der Waals surface area contributed by atoms with Gasteiger partial charge in [0.1, 0.15) is 5.72 Å². The van der Waals surface area contributed by atoms with Crippen LogP contribution in [0.15, 0.2) is 0 Å². The van der Waals surface area contributed by atoms with Crippen LogP contribution in [0.2, 0.25) is 0 Å². The highest BCUT2D eigenvalue weighted by molar-refractivity contribution is 5.88. The second kappa shape index (κ2) is 3.15. The summed E-state index contributed by atoms with van der Waals surface area (Å²) >= 11 is 0. The van der Waals surface area contributed by atoms with Crippen molar-refractivity contribution in [3.63, 3.8) is 0 Å². The second-order valence-electron chi connectivity index (χ2n) is 4.73. The Morgan fingerprint density at radius 2 is 2.33 bits per heavy atom. The highest BCUT2D eigenvalue weighted by Crippen LogP contribution is 2.43. The molecule has 0 aromatic rings. The zero-order chi connectivity index (χ0) is 11.3. The van der Waals surface area contributed by atoms with Gasteiger partial charge in [0, 0.05) is 19.4 Å². The first kappa shape index (κ1) is 10.8. The molecule has 5 heteroatoms. The molecule has 2 atom stereocenters. The Labute approximate surface area is 88.0 Å². The molecular formula is C10H16FNO3. The van der Waals surface area contributed by atoms with Gasteiger partial charge in [0.05, 0.1) is 12.6 Å². The van der Waals surface area contributed by atoms with Crippen LogP contribution in [-0.2, 0) is 9.53 Å². The molecule has 2 aliphatic heterocycles. The first-order valence-electron chi connectivity index (χ1n) is 5.18. The lowest BCUT2D eigenvalue weighted by Gasteiger charge is -2.30. The quantitative estimate of drug-likeness (QED) is 0.730. The average molecular weight is 217 g/mol. The van der Waals surface area contributed by atoms with Crippen molar-refractivity contribution in [2.75, 3.05) is 13.2 Å². The standard InChI is InChI=1S/C10H16FNO3/c1-9(2)12-7(6-15-9)5-10(11,3-4-13)8(12)14/h7,13H,3-6H2,1-2H3. The van der Waals surface area contributed by atoms with Crippen LogP contribution in [0.25, 0.3) is 0 Å². The molecule has 0 radical (unpaired) electrons. The maximum Gasteiger partial charge on any atom is 0.262 e. The third-order valence-electron chi connectivity index (χ3n) is 3.24. The van der Waals surface area contributed by atoms with Gasteiger partial charge in [0.2, 0.25) is 0 Å². The predicted octanol–water partition coefficient (Wildman–Crippen LogP) is 0.444. The summed E-state index contributed by atoms with van der Waals surface area (Å²) in [6.07, 6.45) is 0.0186. The van der Waals surface area contributed by atoms with E-state index < -0.39 is 17.3 Å². The van der Waals surface area contributed by atoms with E-state index in [0.717, 1.165) is 0 Å². The molecule has 15 heavy (non-hydrogen) atoms. The topological polar surface area (TPSA) is 49.8 Å². The van der Waals surface area contributed by atoms with Crippen LogP contribution in [-0.4, -0.2) is 46.6 Å². The monoisotopic (exact) mass is 217 g/mol. The van der Waals surface area contributed by atoms with Gasteiger partial charge in [-0.3, -0.25) is 4.79 Å². The van der Waals surface area contributed by atoms with Crippen molar-refractivity contribution in [2.24, 2.45) is 0 Å². The Morgan fingerprint density at radius 3 is 2.87 bits per heavy atom. The maximum absolute atomic E-state index is 14.2. The van der Waals surface area contributed by atoms with Crippen LogP contribution in [0.1, 0.15) is 26.7 Å². The van der Waals surface area contributed by atoms with Gasteiger partial charge >= 0.3 is 0 Å². The SMILES string of the molecule is CC1(C)OCC2CC(F)(CCO)C(=O)N21. The number of halogens is 1. The molecule has 0 aromatic carbocycles. The van der Waals surface area contributed by atoms with E-state index in [1.54, 1.807) is 13.8 Å². The molecule has 0 aliphatic carbocycles. The lowest BCUT2D eigenvalue weighted by Crippen LogP contribution is -2.47. The van der Waals surface area contributed by atoms with E-state index >= 15 is 0 Å². The van der Waals surface area contributed by atoms with Gasteiger partial charge in [-0.05, 0) is 13.8 Å². The summed E-state index contributed by atoms with van der Waals surface area (Å²) < 4.78 is 19.6. The molecule has 0 aromatic heterocycles. The second-order valence-corrected chi connectivity index (χ2v) is 4.73. The summed E-state index contributed by atoms with van der Waals surface area (Å²) in [7, 11) is 0. The van der Waals surface area contributed by atoms with E-state index in [2.05, 4.69) is 0 Å². The van der Waals surface area contributed by atoms with Crippen LogP contribution >= 0.6 is 0 Å². The minimum atomic E-state index is -1.89. The van der Waals surface area contributed by atoms with Gasteiger partial charge in [-0.25, -0.2) is 4.39 Å². The number of carbonyl (C=O) groups is 1. The number of alkyl halides is 1. The number of rotatable bonds is 2. The summed E-state index contributed by atoms with van der Waals surface area (Å²) in [5, 5.41) is 8.76. The molecule has 2 rings (SSSR count). The normalized spacial score (nSPS) is 38.5. The van der Waals surface area contributed by atoms with Crippen molar-refractivity contribution >= 4 is 5.91 Å². The highest BCUT2D eigenvalue weighted by atomic mass is 19.1. The molecule has 1 amide bonds. The number of nitrogens with zero attached hydrogens (tertiary/aromatic N) is 1. The zero-order valence-electron chi connectivity index (χ0n) is 8.99. The predicted molar refractivity (Wildman–Crippen MR) is 50.8 cm³/mol. The molecule has 2 heterocycles. The smallest absolute Gasteiger partial charge is 0.262 e. The first-order chi connectivity index (χ1) is 6.91. The minimum absolute atomic E-state index is 0.116. The Balaban J connectivity index is 2.24. The van der Waals surface area contributed by atoms with Gasteiger partial charge in [0.25, 0.3) is 5.91 Å². The van der Waals surface area contributed by atoms with E-state index in [0.29, 0.717) is 6.61 Å². The van der Waals surface area contributed by atoms with E-state index in [1.807, 2.05) is 0 Å². The summed E-state index contributed by atoms with van der Waals surface area (Å²) in [5.74, 6) is -0.538.